The predicted molar refractivity (Wildman–Crippen MR) is 90.6 cm³/mol. The van der Waals surface area contributed by atoms with Crippen LogP contribution in [0.1, 0.15) is 24.8 Å². The van der Waals surface area contributed by atoms with E-state index in [4.69, 9.17) is 16.3 Å². The monoisotopic (exact) mass is 332 g/mol. The van der Waals surface area contributed by atoms with Crippen molar-refractivity contribution in [3.05, 3.63) is 59.4 Å². The lowest BCUT2D eigenvalue weighted by Gasteiger charge is -2.35. The maximum atomic E-state index is 10.6. The zero-order chi connectivity index (χ0) is 16.1. The molecule has 2 aromatic rings. The van der Waals surface area contributed by atoms with Gasteiger partial charge in [0.1, 0.15) is 18.0 Å². The van der Waals surface area contributed by atoms with E-state index in [1.54, 1.807) is 12.3 Å². The van der Waals surface area contributed by atoms with E-state index in [1.165, 1.54) is 0 Å². The molecule has 1 aliphatic carbocycles. The van der Waals surface area contributed by atoms with Crippen molar-refractivity contribution in [3.63, 3.8) is 0 Å². The second kappa shape index (κ2) is 7.77. The van der Waals surface area contributed by atoms with E-state index in [0.717, 1.165) is 24.8 Å². The third-order valence-corrected chi connectivity index (χ3v) is 4.41. The molecule has 1 heterocycles. The van der Waals surface area contributed by atoms with Crippen LogP contribution >= 0.6 is 11.6 Å². The molecule has 0 aliphatic heterocycles. The van der Waals surface area contributed by atoms with E-state index >= 15 is 0 Å². The first-order valence-electron chi connectivity index (χ1n) is 7.95. The van der Waals surface area contributed by atoms with Crippen LogP contribution in [0.15, 0.2) is 48.8 Å². The van der Waals surface area contributed by atoms with Gasteiger partial charge in [0.2, 0.25) is 0 Å². The molecular weight excluding hydrogens is 312 g/mol. The maximum Gasteiger partial charge on any atom is 0.126 e. The van der Waals surface area contributed by atoms with Crippen LogP contribution in [-0.4, -0.2) is 28.3 Å². The van der Waals surface area contributed by atoms with Crippen LogP contribution < -0.4 is 10.1 Å². The van der Waals surface area contributed by atoms with E-state index in [9.17, 15) is 5.11 Å². The van der Waals surface area contributed by atoms with Crippen LogP contribution in [0.25, 0.3) is 0 Å². The largest absolute Gasteiger partial charge is 0.488 e. The highest BCUT2D eigenvalue weighted by molar-refractivity contribution is 6.30. The van der Waals surface area contributed by atoms with Crippen molar-refractivity contribution < 1.29 is 9.84 Å². The van der Waals surface area contributed by atoms with E-state index < -0.39 is 6.10 Å². The standard InChI is InChI=1S/C18H21ClN2O2/c19-14-5-1-6-15(10-14)23-17-8-2-7-16(18(17)22)21-12-13-4-3-9-20-11-13/h1,3-6,9-11,16-18,21-22H,2,7-8,12H2/t16-,17+,18+/m0/s1. The van der Waals surface area contributed by atoms with Gasteiger partial charge in [-0.3, -0.25) is 4.98 Å². The average Bonchev–Trinajstić information content (AvgIpc) is 2.57. The van der Waals surface area contributed by atoms with E-state index in [0.29, 0.717) is 17.3 Å². The minimum atomic E-state index is -0.542. The fourth-order valence-electron chi connectivity index (χ4n) is 2.96. The molecule has 3 atom stereocenters. The van der Waals surface area contributed by atoms with Crippen LogP contribution in [0.2, 0.25) is 5.02 Å². The first-order valence-corrected chi connectivity index (χ1v) is 8.33. The maximum absolute atomic E-state index is 10.6. The molecule has 122 valence electrons. The van der Waals surface area contributed by atoms with Crippen molar-refractivity contribution >= 4 is 11.6 Å². The molecule has 0 bridgehead atoms. The molecule has 4 nitrogen and oxygen atoms in total. The molecule has 0 amide bonds. The highest BCUT2D eigenvalue weighted by Gasteiger charge is 2.33. The van der Waals surface area contributed by atoms with Crippen molar-refractivity contribution in [3.8, 4) is 5.75 Å². The number of halogens is 1. The Morgan fingerprint density at radius 3 is 2.96 bits per heavy atom. The number of aromatic nitrogens is 1. The number of aliphatic hydroxyl groups excluding tert-OH is 1. The van der Waals surface area contributed by atoms with Crippen LogP contribution in [0.5, 0.6) is 5.75 Å². The summed E-state index contributed by atoms with van der Waals surface area (Å²) < 4.78 is 5.94. The first-order chi connectivity index (χ1) is 11.2. The van der Waals surface area contributed by atoms with E-state index in [-0.39, 0.29) is 12.1 Å². The molecule has 5 heteroatoms. The number of nitrogens with zero attached hydrogens (tertiary/aromatic N) is 1. The molecule has 0 radical (unpaired) electrons. The van der Waals surface area contributed by atoms with Gasteiger partial charge in [-0.15, -0.1) is 0 Å². The highest BCUT2D eigenvalue weighted by Crippen LogP contribution is 2.26. The molecule has 0 spiro atoms. The Kier molecular flexibility index (Phi) is 5.49. The van der Waals surface area contributed by atoms with Gasteiger partial charge in [-0.1, -0.05) is 23.7 Å². The van der Waals surface area contributed by atoms with Crippen LogP contribution in [0.3, 0.4) is 0 Å². The van der Waals surface area contributed by atoms with Gasteiger partial charge in [0.05, 0.1) is 0 Å². The molecule has 1 aromatic heterocycles. The van der Waals surface area contributed by atoms with Crippen LogP contribution in [-0.2, 0) is 6.54 Å². The lowest BCUT2D eigenvalue weighted by molar-refractivity contribution is -0.0157. The Morgan fingerprint density at radius 1 is 1.26 bits per heavy atom. The van der Waals surface area contributed by atoms with Crippen molar-refractivity contribution in [2.75, 3.05) is 0 Å². The van der Waals surface area contributed by atoms with Crippen LogP contribution in [0, 0.1) is 0 Å². The smallest absolute Gasteiger partial charge is 0.126 e. The Balaban J connectivity index is 1.58. The van der Waals surface area contributed by atoms with E-state index in [2.05, 4.69) is 10.3 Å². The van der Waals surface area contributed by atoms with Crippen molar-refractivity contribution in [1.29, 1.82) is 0 Å². The Hall–Kier alpha value is -1.62. The van der Waals surface area contributed by atoms with Crippen molar-refractivity contribution in [2.24, 2.45) is 0 Å². The summed E-state index contributed by atoms with van der Waals surface area (Å²) in [6.45, 7) is 0.694. The summed E-state index contributed by atoms with van der Waals surface area (Å²) in [7, 11) is 0. The van der Waals surface area contributed by atoms with Gasteiger partial charge >= 0.3 is 0 Å². The summed E-state index contributed by atoms with van der Waals surface area (Å²) in [5.74, 6) is 0.703. The van der Waals surface area contributed by atoms with E-state index in [1.807, 2.05) is 36.5 Å². The minimum absolute atomic E-state index is 0.0214. The Labute approximate surface area is 141 Å². The molecular formula is C18H21ClN2O2. The summed E-state index contributed by atoms with van der Waals surface area (Å²) in [6, 6.07) is 11.3. The van der Waals surface area contributed by atoms with Gasteiger partial charge in [-0.05, 0) is 49.1 Å². The molecule has 1 fully saturated rings. The average molecular weight is 333 g/mol. The summed E-state index contributed by atoms with van der Waals surface area (Å²) in [4.78, 5) is 4.11. The van der Waals surface area contributed by atoms with Gasteiger partial charge in [-0.2, -0.15) is 0 Å². The quantitative estimate of drug-likeness (QED) is 0.883. The summed E-state index contributed by atoms with van der Waals surface area (Å²) in [5.41, 5.74) is 1.11. The number of benzene rings is 1. The number of aliphatic hydroxyl groups is 1. The van der Waals surface area contributed by atoms with Gasteiger partial charge in [-0.25, -0.2) is 0 Å². The zero-order valence-electron chi connectivity index (χ0n) is 12.9. The Morgan fingerprint density at radius 2 is 2.17 bits per heavy atom. The molecule has 1 aromatic carbocycles. The first kappa shape index (κ1) is 16.2. The lowest BCUT2D eigenvalue weighted by Crippen LogP contribution is -2.50. The van der Waals surface area contributed by atoms with Gasteiger partial charge in [0.15, 0.2) is 0 Å². The Bertz CT molecular complexity index is 623. The molecule has 0 saturated heterocycles. The molecule has 2 N–H and O–H groups in total. The number of nitrogens with one attached hydrogen (secondary N) is 1. The van der Waals surface area contributed by atoms with Gasteiger partial charge < -0.3 is 15.2 Å². The molecule has 3 rings (SSSR count). The number of rotatable bonds is 5. The molecule has 23 heavy (non-hydrogen) atoms. The topological polar surface area (TPSA) is 54.4 Å². The van der Waals surface area contributed by atoms with Gasteiger partial charge in [0.25, 0.3) is 0 Å². The number of hydrogen-bond acceptors (Lipinski definition) is 4. The minimum Gasteiger partial charge on any atom is -0.488 e. The number of hydrogen-bond donors (Lipinski definition) is 2. The normalized spacial score (nSPS) is 24.3. The zero-order valence-corrected chi connectivity index (χ0v) is 13.6. The SMILES string of the molecule is O[C@@H]1[C@@H](NCc2cccnc2)CCC[C@H]1Oc1cccc(Cl)c1. The second-order valence-electron chi connectivity index (χ2n) is 5.88. The lowest BCUT2D eigenvalue weighted by atomic mass is 9.89. The third kappa shape index (κ3) is 4.44. The van der Waals surface area contributed by atoms with Crippen molar-refractivity contribution in [1.82, 2.24) is 10.3 Å². The third-order valence-electron chi connectivity index (χ3n) is 4.17. The predicted octanol–water partition coefficient (Wildman–Crippen LogP) is 3.19. The fraction of sp³-hybridized carbons (Fsp3) is 0.389. The summed E-state index contributed by atoms with van der Waals surface area (Å²) >= 11 is 5.98. The summed E-state index contributed by atoms with van der Waals surface area (Å²) in [5, 5.41) is 14.7. The van der Waals surface area contributed by atoms with Gasteiger partial charge in [0, 0.05) is 30.0 Å². The number of pyridine rings is 1. The number of ether oxygens (including phenoxy) is 1. The summed E-state index contributed by atoms with van der Waals surface area (Å²) in [6.07, 6.45) is 5.64. The second-order valence-corrected chi connectivity index (χ2v) is 6.32. The van der Waals surface area contributed by atoms with Crippen LogP contribution in [0.4, 0.5) is 0 Å². The molecule has 1 aliphatic rings. The molecule has 1 saturated carbocycles. The highest BCUT2D eigenvalue weighted by atomic mass is 35.5. The van der Waals surface area contributed by atoms with Crippen molar-refractivity contribution in [2.45, 2.75) is 44.1 Å². The molecule has 0 unspecified atom stereocenters. The fourth-order valence-corrected chi connectivity index (χ4v) is 3.14.